The molecule has 0 saturated carbocycles. The van der Waals surface area contributed by atoms with E-state index in [1.807, 2.05) is 19.1 Å². The first kappa shape index (κ1) is 19.8. The van der Waals surface area contributed by atoms with Gasteiger partial charge in [-0.15, -0.1) is 0 Å². The molecular weight excluding hydrogens is 328 g/mol. The molecule has 0 aromatic carbocycles. The SMILES string of the molecule is C=C(N)NC(=NCCCC)/C(=C\C)CCc1cc(C2=CC(C)CO2)on1. The Kier molecular flexibility index (Phi) is 7.51. The summed E-state index contributed by atoms with van der Waals surface area (Å²) in [4.78, 5) is 4.64. The summed E-state index contributed by atoms with van der Waals surface area (Å²) in [5, 5.41) is 7.24. The Labute approximate surface area is 155 Å². The number of hydrogen-bond acceptors (Lipinski definition) is 5. The first-order chi connectivity index (χ1) is 12.5. The predicted octanol–water partition coefficient (Wildman–Crippen LogP) is 3.78. The van der Waals surface area contributed by atoms with Crippen LogP contribution in [0.15, 0.2) is 45.7 Å². The lowest BCUT2D eigenvalue weighted by Gasteiger charge is -2.13. The molecule has 0 saturated heterocycles. The highest BCUT2D eigenvalue weighted by atomic mass is 16.5. The summed E-state index contributed by atoms with van der Waals surface area (Å²) in [6, 6.07) is 1.94. The van der Waals surface area contributed by atoms with Crippen LogP contribution in [0.2, 0.25) is 0 Å². The molecule has 3 N–H and O–H groups in total. The standard InChI is InChI=1S/C20H30N4O2/c1-5-7-10-22-20(23-15(4)21)16(6-2)8-9-17-12-19(26-24-17)18-11-14(3)13-25-18/h6,11-12,14H,4-5,7-10,13,21H2,1-3H3,(H,22,23)/b16-6-. The maximum atomic E-state index is 5.72. The fourth-order valence-electron chi connectivity index (χ4n) is 2.66. The molecule has 0 fully saturated rings. The Morgan fingerprint density at radius 2 is 2.35 bits per heavy atom. The van der Waals surface area contributed by atoms with Gasteiger partial charge in [-0.25, -0.2) is 0 Å². The number of ether oxygens (including phenoxy) is 1. The quantitative estimate of drug-likeness (QED) is 0.399. The molecule has 6 heteroatoms. The first-order valence-electron chi connectivity index (χ1n) is 9.25. The molecule has 142 valence electrons. The Bertz CT molecular complexity index is 700. The minimum Gasteiger partial charge on any atom is -0.489 e. The largest absolute Gasteiger partial charge is 0.489 e. The smallest absolute Gasteiger partial charge is 0.201 e. The van der Waals surface area contributed by atoms with Crippen molar-refractivity contribution in [2.45, 2.75) is 46.5 Å². The van der Waals surface area contributed by atoms with E-state index in [9.17, 15) is 0 Å². The van der Waals surface area contributed by atoms with Crippen LogP contribution in [0, 0.1) is 5.92 Å². The van der Waals surface area contributed by atoms with Crippen LogP contribution >= 0.6 is 0 Å². The minimum absolute atomic E-state index is 0.391. The first-order valence-corrected chi connectivity index (χ1v) is 9.25. The van der Waals surface area contributed by atoms with Gasteiger partial charge in [0.2, 0.25) is 5.76 Å². The second kappa shape index (κ2) is 9.85. The van der Waals surface area contributed by atoms with Crippen LogP contribution in [0.25, 0.3) is 5.76 Å². The van der Waals surface area contributed by atoms with E-state index in [4.69, 9.17) is 15.0 Å². The number of nitrogens with two attached hydrogens (primary N) is 1. The van der Waals surface area contributed by atoms with Crippen molar-refractivity contribution in [3.8, 4) is 0 Å². The minimum atomic E-state index is 0.391. The fourth-order valence-corrected chi connectivity index (χ4v) is 2.66. The van der Waals surface area contributed by atoms with Gasteiger partial charge in [-0.1, -0.05) is 38.1 Å². The van der Waals surface area contributed by atoms with E-state index in [0.717, 1.165) is 55.1 Å². The van der Waals surface area contributed by atoms with Crippen LogP contribution < -0.4 is 11.1 Å². The lowest BCUT2D eigenvalue weighted by Crippen LogP contribution is -2.29. The van der Waals surface area contributed by atoms with Crippen molar-refractivity contribution in [1.29, 1.82) is 0 Å². The number of aliphatic imine (C=N–C) groups is 1. The number of nitrogens with zero attached hydrogens (tertiary/aromatic N) is 2. The molecular formula is C20H30N4O2. The summed E-state index contributed by atoms with van der Waals surface area (Å²) in [7, 11) is 0. The number of allylic oxidation sites excluding steroid dienone is 1. The van der Waals surface area contributed by atoms with E-state index in [1.54, 1.807) is 0 Å². The third kappa shape index (κ3) is 5.79. The van der Waals surface area contributed by atoms with Gasteiger partial charge < -0.3 is 20.3 Å². The topological polar surface area (TPSA) is 85.7 Å². The third-order valence-electron chi connectivity index (χ3n) is 4.10. The summed E-state index contributed by atoms with van der Waals surface area (Å²) >= 11 is 0. The molecule has 1 aromatic rings. The van der Waals surface area contributed by atoms with Crippen molar-refractivity contribution < 1.29 is 9.26 Å². The number of amidine groups is 1. The van der Waals surface area contributed by atoms with Gasteiger partial charge >= 0.3 is 0 Å². The number of aromatic nitrogens is 1. The molecule has 1 aliphatic heterocycles. The van der Waals surface area contributed by atoms with E-state index in [-0.39, 0.29) is 0 Å². The summed E-state index contributed by atoms with van der Waals surface area (Å²) < 4.78 is 11.0. The van der Waals surface area contributed by atoms with Gasteiger partial charge in [0.1, 0.15) is 5.84 Å². The molecule has 0 amide bonds. The van der Waals surface area contributed by atoms with Crippen molar-refractivity contribution in [3.05, 3.63) is 47.6 Å². The number of hydrogen-bond donors (Lipinski definition) is 2. The van der Waals surface area contributed by atoms with Crippen molar-refractivity contribution in [2.75, 3.05) is 13.2 Å². The zero-order chi connectivity index (χ0) is 18.9. The van der Waals surface area contributed by atoms with Gasteiger partial charge in [-0.2, -0.15) is 0 Å². The van der Waals surface area contributed by atoms with Gasteiger partial charge in [0.05, 0.1) is 18.1 Å². The van der Waals surface area contributed by atoms with Crippen LogP contribution in [0.4, 0.5) is 0 Å². The Morgan fingerprint density at radius 3 is 2.96 bits per heavy atom. The van der Waals surface area contributed by atoms with Gasteiger partial charge in [-0.3, -0.25) is 4.99 Å². The van der Waals surface area contributed by atoms with E-state index in [2.05, 4.69) is 42.0 Å². The zero-order valence-electron chi connectivity index (χ0n) is 16.0. The second-order valence-electron chi connectivity index (χ2n) is 6.55. The van der Waals surface area contributed by atoms with Crippen molar-refractivity contribution in [1.82, 2.24) is 10.5 Å². The zero-order valence-corrected chi connectivity index (χ0v) is 16.0. The molecule has 1 aromatic heterocycles. The molecule has 2 rings (SSSR count). The Balaban J connectivity index is 2.00. The lowest BCUT2D eigenvalue weighted by molar-refractivity contribution is 0.263. The van der Waals surface area contributed by atoms with Crippen LogP contribution in [0.5, 0.6) is 0 Å². The molecule has 0 bridgehead atoms. The molecule has 1 atom stereocenters. The third-order valence-corrected chi connectivity index (χ3v) is 4.10. The molecule has 0 radical (unpaired) electrons. The molecule has 1 aliphatic rings. The van der Waals surface area contributed by atoms with Crippen LogP contribution in [-0.2, 0) is 11.2 Å². The molecule has 1 unspecified atom stereocenters. The monoisotopic (exact) mass is 358 g/mol. The van der Waals surface area contributed by atoms with Gasteiger partial charge in [0.25, 0.3) is 0 Å². The average Bonchev–Trinajstić information content (AvgIpc) is 3.23. The molecule has 0 aliphatic carbocycles. The average molecular weight is 358 g/mol. The Morgan fingerprint density at radius 1 is 1.54 bits per heavy atom. The predicted molar refractivity (Wildman–Crippen MR) is 105 cm³/mol. The number of rotatable bonds is 9. The van der Waals surface area contributed by atoms with Gasteiger partial charge in [-0.05, 0) is 37.8 Å². The maximum Gasteiger partial charge on any atom is 0.201 e. The van der Waals surface area contributed by atoms with Crippen LogP contribution in [-0.4, -0.2) is 24.1 Å². The van der Waals surface area contributed by atoms with E-state index < -0.39 is 0 Å². The van der Waals surface area contributed by atoms with Crippen molar-refractivity contribution in [2.24, 2.45) is 16.6 Å². The molecule has 0 spiro atoms. The van der Waals surface area contributed by atoms with Crippen molar-refractivity contribution >= 4 is 11.6 Å². The number of unbranched alkanes of at least 4 members (excludes halogenated alkanes) is 1. The van der Waals surface area contributed by atoms with E-state index in [1.165, 1.54) is 0 Å². The number of aryl methyl sites for hydroxylation is 1. The van der Waals surface area contributed by atoms with Crippen molar-refractivity contribution in [3.63, 3.8) is 0 Å². The Hall–Kier alpha value is -2.50. The highest BCUT2D eigenvalue weighted by Crippen LogP contribution is 2.26. The maximum absolute atomic E-state index is 5.72. The summed E-state index contributed by atoms with van der Waals surface area (Å²) in [6.45, 7) is 11.4. The fraction of sp³-hybridized carbons (Fsp3) is 0.500. The molecule has 26 heavy (non-hydrogen) atoms. The lowest BCUT2D eigenvalue weighted by atomic mass is 10.1. The van der Waals surface area contributed by atoms with E-state index in [0.29, 0.717) is 24.1 Å². The molecule has 6 nitrogen and oxygen atoms in total. The molecule has 2 heterocycles. The van der Waals surface area contributed by atoms with Crippen LogP contribution in [0.1, 0.15) is 51.5 Å². The van der Waals surface area contributed by atoms with Crippen LogP contribution in [0.3, 0.4) is 0 Å². The second-order valence-corrected chi connectivity index (χ2v) is 6.55. The highest BCUT2D eigenvalue weighted by Gasteiger charge is 2.18. The summed E-state index contributed by atoms with van der Waals surface area (Å²) in [6.07, 6.45) is 7.79. The summed E-state index contributed by atoms with van der Waals surface area (Å²) in [5.41, 5.74) is 7.70. The van der Waals surface area contributed by atoms with Gasteiger partial charge in [0.15, 0.2) is 5.76 Å². The van der Waals surface area contributed by atoms with Gasteiger partial charge in [0, 0.05) is 18.5 Å². The normalized spacial score (nSPS) is 17.8. The van der Waals surface area contributed by atoms with E-state index >= 15 is 0 Å². The highest BCUT2D eigenvalue weighted by molar-refractivity contribution is 5.99. The summed E-state index contributed by atoms with van der Waals surface area (Å²) in [5.74, 6) is 3.06. The number of nitrogens with one attached hydrogen (secondary N) is 1.